The van der Waals surface area contributed by atoms with Gasteiger partial charge in [-0.05, 0) is 43.4 Å². The van der Waals surface area contributed by atoms with Gasteiger partial charge in [0.1, 0.15) is 5.82 Å². The van der Waals surface area contributed by atoms with Crippen LogP contribution < -0.4 is 5.32 Å². The molecule has 1 saturated heterocycles. The summed E-state index contributed by atoms with van der Waals surface area (Å²) in [5.74, 6) is 0.669. The average molecular weight is 276 g/mol. The minimum Gasteiger partial charge on any atom is -0.337 e. The van der Waals surface area contributed by atoms with Gasteiger partial charge in [0.25, 0.3) is 0 Å². The van der Waals surface area contributed by atoms with Crippen molar-refractivity contribution in [3.8, 4) is 0 Å². The monoisotopic (exact) mass is 276 g/mol. The van der Waals surface area contributed by atoms with Gasteiger partial charge in [0.2, 0.25) is 5.91 Å². The maximum atomic E-state index is 13.0. The molecule has 0 radical (unpaired) electrons. The van der Waals surface area contributed by atoms with E-state index in [1.165, 1.54) is 25.0 Å². The maximum Gasteiger partial charge on any atom is 0.223 e. The summed E-state index contributed by atoms with van der Waals surface area (Å²) in [5, 5.41) is 3.44. The predicted molar refractivity (Wildman–Crippen MR) is 75.7 cm³/mol. The largest absolute Gasteiger partial charge is 0.337 e. The van der Waals surface area contributed by atoms with E-state index in [1.807, 2.05) is 4.90 Å². The van der Waals surface area contributed by atoms with E-state index in [2.05, 4.69) is 12.2 Å². The Morgan fingerprint density at radius 3 is 2.70 bits per heavy atom. The van der Waals surface area contributed by atoms with Gasteiger partial charge in [-0.25, -0.2) is 4.39 Å². The first-order valence-electron chi connectivity index (χ1n) is 7.42. The molecule has 1 aliphatic carbocycles. The lowest BCUT2D eigenvalue weighted by atomic mass is 10.0. The molecule has 2 atom stereocenters. The van der Waals surface area contributed by atoms with Crippen molar-refractivity contribution in [2.75, 3.05) is 13.1 Å². The topological polar surface area (TPSA) is 32.3 Å². The molecule has 1 N–H and O–H groups in total. The van der Waals surface area contributed by atoms with Crippen LogP contribution in [-0.2, 0) is 4.79 Å². The van der Waals surface area contributed by atoms with Crippen LogP contribution in [0, 0.1) is 11.7 Å². The van der Waals surface area contributed by atoms with Gasteiger partial charge >= 0.3 is 0 Å². The highest BCUT2D eigenvalue weighted by Crippen LogP contribution is 2.33. The van der Waals surface area contributed by atoms with Gasteiger partial charge in [0, 0.05) is 31.6 Å². The Morgan fingerprint density at radius 1 is 1.35 bits per heavy atom. The van der Waals surface area contributed by atoms with Crippen LogP contribution >= 0.6 is 0 Å². The third-order valence-electron chi connectivity index (χ3n) is 4.32. The summed E-state index contributed by atoms with van der Waals surface area (Å²) in [7, 11) is 0. The lowest BCUT2D eigenvalue weighted by Gasteiger charge is -2.39. The number of benzene rings is 1. The fraction of sp³-hybridized carbons (Fsp3) is 0.562. The number of halogens is 1. The first-order valence-corrected chi connectivity index (χ1v) is 7.42. The van der Waals surface area contributed by atoms with E-state index >= 15 is 0 Å². The molecule has 2 aliphatic rings. The van der Waals surface area contributed by atoms with E-state index in [0.717, 1.165) is 12.1 Å². The third kappa shape index (κ3) is 3.01. The second kappa shape index (κ2) is 5.52. The number of nitrogens with zero attached hydrogens (tertiary/aromatic N) is 1. The molecule has 1 saturated carbocycles. The lowest BCUT2D eigenvalue weighted by molar-refractivity contribution is -0.135. The molecular weight excluding hydrogens is 255 g/mol. The van der Waals surface area contributed by atoms with Gasteiger partial charge in [-0.2, -0.15) is 0 Å². The summed E-state index contributed by atoms with van der Waals surface area (Å²) in [6.45, 7) is 3.55. The zero-order valence-electron chi connectivity index (χ0n) is 11.8. The predicted octanol–water partition coefficient (Wildman–Crippen LogP) is 2.49. The highest BCUT2D eigenvalue weighted by molar-refractivity contribution is 5.77. The number of hydrogen-bond donors (Lipinski definition) is 1. The Morgan fingerprint density at radius 2 is 2.05 bits per heavy atom. The fourth-order valence-corrected chi connectivity index (χ4v) is 2.82. The number of rotatable bonds is 3. The second-order valence-corrected chi connectivity index (χ2v) is 6.06. The molecule has 1 aromatic rings. The molecule has 4 heteroatoms. The number of amides is 1. The molecule has 3 rings (SSSR count). The molecule has 0 bridgehead atoms. The zero-order valence-corrected chi connectivity index (χ0v) is 11.8. The Hall–Kier alpha value is -1.42. The van der Waals surface area contributed by atoms with Crippen LogP contribution in [-0.4, -0.2) is 29.9 Å². The van der Waals surface area contributed by atoms with Crippen molar-refractivity contribution < 1.29 is 9.18 Å². The Balaban J connectivity index is 1.68. The first-order chi connectivity index (χ1) is 9.63. The van der Waals surface area contributed by atoms with Crippen LogP contribution in [0.2, 0.25) is 0 Å². The van der Waals surface area contributed by atoms with Gasteiger partial charge in [-0.3, -0.25) is 4.79 Å². The second-order valence-electron chi connectivity index (χ2n) is 6.06. The molecule has 1 aromatic carbocycles. The molecule has 1 aliphatic heterocycles. The van der Waals surface area contributed by atoms with E-state index in [9.17, 15) is 9.18 Å². The summed E-state index contributed by atoms with van der Waals surface area (Å²) in [4.78, 5) is 14.3. The van der Waals surface area contributed by atoms with Crippen LogP contribution in [0.4, 0.5) is 4.39 Å². The fourth-order valence-electron chi connectivity index (χ4n) is 2.82. The highest BCUT2D eigenvalue weighted by Gasteiger charge is 2.32. The maximum absolute atomic E-state index is 13.0. The van der Waals surface area contributed by atoms with Crippen LogP contribution in [0.5, 0.6) is 0 Å². The molecule has 20 heavy (non-hydrogen) atoms. The van der Waals surface area contributed by atoms with Gasteiger partial charge in [-0.15, -0.1) is 0 Å². The summed E-state index contributed by atoms with van der Waals surface area (Å²) in [5.41, 5.74) is 1.04. The zero-order chi connectivity index (χ0) is 14.1. The number of hydrogen-bond acceptors (Lipinski definition) is 2. The Labute approximate surface area is 119 Å². The molecule has 2 fully saturated rings. The summed E-state index contributed by atoms with van der Waals surface area (Å²) in [6.07, 6.45) is 3.10. The smallest absolute Gasteiger partial charge is 0.223 e. The number of carbonyl (C=O) groups is 1. The minimum atomic E-state index is -0.223. The van der Waals surface area contributed by atoms with Crippen molar-refractivity contribution in [1.29, 1.82) is 0 Å². The summed E-state index contributed by atoms with van der Waals surface area (Å²) in [6, 6.07) is 6.89. The van der Waals surface area contributed by atoms with Crippen LogP contribution in [0.1, 0.15) is 37.8 Å². The molecule has 0 aromatic heterocycles. The van der Waals surface area contributed by atoms with Crippen molar-refractivity contribution in [1.82, 2.24) is 10.2 Å². The highest BCUT2D eigenvalue weighted by atomic mass is 19.1. The van der Waals surface area contributed by atoms with Crippen LogP contribution in [0.25, 0.3) is 0 Å². The lowest BCUT2D eigenvalue weighted by Crippen LogP contribution is -2.53. The number of nitrogens with one attached hydrogen (secondary N) is 1. The SMILES string of the molecule is C[C@H]1CNC(c2ccc(F)cc2)CN1C(=O)CC1CC1. The summed E-state index contributed by atoms with van der Waals surface area (Å²) < 4.78 is 13.0. The van der Waals surface area contributed by atoms with E-state index in [0.29, 0.717) is 18.9 Å². The van der Waals surface area contributed by atoms with Gasteiger partial charge < -0.3 is 10.2 Å². The van der Waals surface area contributed by atoms with Crippen molar-refractivity contribution in [3.05, 3.63) is 35.6 Å². The van der Waals surface area contributed by atoms with E-state index in [-0.39, 0.29) is 23.8 Å². The van der Waals surface area contributed by atoms with Crippen molar-refractivity contribution >= 4 is 5.91 Å². The molecule has 3 nitrogen and oxygen atoms in total. The Kier molecular flexibility index (Phi) is 3.74. The van der Waals surface area contributed by atoms with E-state index < -0.39 is 0 Å². The van der Waals surface area contributed by atoms with E-state index in [1.54, 1.807) is 12.1 Å². The molecule has 1 unspecified atom stereocenters. The first kappa shape index (κ1) is 13.6. The van der Waals surface area contributed by atoms with Gasteiger partial charge in [-0.1, -0.05) is 12.1 Å². The van der Waals surface area contributed by atoms with Gasteiger partial charge in [0.15, 0.2) is 0 Å². The summed E-state index contributed by atoms with van der Waals surface area (Å²) >= 11 is 0. The molecule has 1 amide bonds. The van der Waals surface area contributed by atoms with Crippen LogP contribution in [0.3, 0.4) is 0 Å². The number of piperazine rings is 1. The number of carbonyl (C=O) groups excluding carboxylic acids is 1. The van der Waals surface area contributed by atoms with Gasteiger partial charge in [0.05, 0.1) is 0 Å². The standard InChI is InChI=1S/C16H21FN2O/c1-11-9-18-15(13-4-6-14(17)7-5-13)10-19(11)16(20)8-12-2-3-12/h4-7,11-12,15,18H,2-3,8-10H2,1H3/t11-,15?/m0/s1. The normalized spacial score (nSPS) is 26.6. The average Bonchev–Trinajstić information content (AvgIpc) is 3.24. The minimum absolute atomic E-state index is 0.106. The third-order valence-corrected chi connectivity index (χ3v) is 4.32. The molecule has 0 spiro atoms. The Bertz CT molecular complexity index is 484. The molecular formula is C16H21FN2O. The molecule has 1 heterocycles. The van der Waals surface area contributed by atoms with Crippen molar-refractivity contribution in [3.63, 3.8) is 0 Å². The van der Waals surface area contributed by atoms with Crippen molar-refractivity contribution in [2.24, 2.45) is 5.92 Å². The quantitative estimate of drug-likeness (QED) is 0.920. The molecule has 108 valence electrons. The van der Waals surface area contributed by atoms with Crippen LogP contribution in [0.15, 0.2) is 24.3 Å². The van der Waals surface area contributed by atoms with E-state index in [4.69, 9.17) is 0 Å². The van der Waals surface area contributed by atoms with Crippen molar-refractivity contribution in [2.45, 2.75) is 38.3 Å².